The van der Waals surface area contributed by atoms with Gasteiger partial charge in [-0.2, -0.15) is 0 Å². The first-order valence-corrected chi connectivity index (χ1v) is 9.56. The number of esters is 1. The topological polar surface area (TPSA) is 26.3 Å². The Morgan fingerprint density at radius 2 is 1.81 bits per heavy atom. The van der Waals surface area contributed by atoms with Gasteiger partial charge in [0.2, 0.25) is 0 Å². The Bertz CT molecular complexity index is 729. The number of hydrogen-bond donors (Lipinski definition) is 0. The quantitative estimate of drug-likeness (QED) is 0.514. The van der Waals surface area contributed by atoms with Gasteiger partial charge in [0.15, 0.2) is 0 Å². The Hall–Kier alpha value is -2.35. The third kappa shape index (κ3) is 5.87. The Kier molecular flexibility index (Phi) is 7.65. The minimum atomic E-state index is -0.251. The van der Waals surface area contributed by atoms with Gasteiger partial charge in [-0.05, 0) is 60.9 Å². The maximum absolute atomic E-state index is 12.0. The molecule has 2 nitrogen and oxygen atoms in total. The molecule has 2 aromatic rings. The summed E-state index contributed by atoms with van der Waals surface area (Å²) in [5.41, 5.74) is 4.70. The van der Waals surface area contributed by atoms with E-state index >= 15 is 0 Å². The molecular formula is C24H30O2. The highest BCUT2D eigenvalue weighted by Gasteiger charge is 2.10. The second-order valence-electron chi connectivity index (χ2n) is 7.03. The van der Waals surface area contributed by atoms with Crippen LogP contribution in [-0.2, 0) is 11.2 Å². The fraction of sp³-hybridized carbons (Fsp3) is 0.375. The number of aryl methyl sites for hydroxylation is 1. The van der Waals surface area contributed by atoms with Crippen LogP contribution in [0.15, 0.2) is 54.6 Å². The normalized spacial score (nSPS) is 12.5. The SMILES string of the molecule is CCc1cc(C=CCCC(C)OC(=O)c2ccccc2)ccc1C(C)C. The minimum Gasteiger partial charge on any atom is -0.459 e. The molecule has 0 aromatic heterocycles. The van der Waals surface area contributed by atoms with E-state index in [1.54, 1.807) is 12.1 Å². The van der Waals surface area contributed by atoms with Crippen LogP contribution in [0, 0.1) is 0 Å². The van der Waals surface area contributed by atoms with Crippen molar-refractivity contribution in [3.05, 3.63) is 76.9 Å². The van der Waals surface area contributed by atoms with Gasteiger partial charge in [0.25, 0.3) is 0 Å². The molecule has 0 radical (unpaired) electrons. The van der Waals surface area contributed by atoms with E-state index in [-0.39, 0.29) is 12.1 Å². The molecule has 1 unspecified atom stereocenters. The maximum atomic E-state index is 12.0. The number of carbonyl (C=O) groups excluding carboxylic acids is 1. The van der Waals surface area contributed by atoms with Crippen LogP contribution in [0.2, 0.25) is 0 Å². The van der Waals surface area contributed by atoms with E-state index in [1.807, 2.05) is 25.1 Å². The summed E-state index contributed by atoms with van der Waals surface area (Å²) in [5.74, 6) is 0.307. The van der Waals surface area contributed by atoms with Crippen molar-refractivity contribution in [2.45, 2.75) is 59.0 Å². The molecule has 1 atom stereocenters. The molecule has 138 valence electrons. The van der Waals surface area contributed by atoms with E-state index < -0.39 is 0 Å². The van der Waals surface area contributed by atoms with Gasteiger partial charge in [-0.3, -0.25) is 0 Å². The van der Waals surface area contributed by atoms with Gasteiger partial charge < -0.3 is 4.74 Å². The summed E-state index contributed by atoms with van der Waals surface area (Å²) in [5, 5.41) is 0. The molecule has 0 spiro atoms. The highest BCUT2D eigenvalue weighted by molar-refractivity contribution is 5.89. The van der Waals surface area contributed by atoms with Crippen LogP contribution in [0.5, 0.6) is 0 Å². The molecule has 0 N–H and O–H groups in total. The van der Waals surface area contributed by atoms with E-state index in [4.69, 9.17) is 4.74 Å². The third-order valence-corrected chi connectivity index (χ3v) is 4.54. The zero-order valence-corrected chi connectivity index (χ0v) is 16.4. The van der Waals surface area contributed by atoms with Gasteiger partial charge in [0, 0.05) is 0 Å². The Balaban J connectivity index is 1.84. The first kappa shape index (κ1) is 20.0. The van der Waals surface area contributed by atoms with Crippen molar-refractivity contribution < 1.29 is 9.53 Å². The van der Waals surface area contributed by atoms with E-state index in [0.29, 0.717) is 11.5 Å². The molecule has 0 aliphatic heterocycles. The van der Waals surface area contributed by atoms with Crippen molar-refractivity contribution in [1.82, 2.24) is 0 Å². The monoisotopic (exact) mass is 350 g/mol. The molecule has 0 fully saturated rings. The van der Waals surface area contributed by atoms with Crippen LogP contribution in [-0.4, -0.2) is 12.1 Å². The van der Waals surface area contributed by atoms with E-state index in [2.05, 4.69) is 51.1 Å². The summed E-state index contributed by atoms with van der Waals surface area (Å²) in [7, 11) is 0. The number of allylic oxidation sites excluding steroid dienone is 1. The van der Waals surface area contributed by atoms with Gasteiger partial charge in [-0.15, -0.1) is 0 Å². The summed E-state index contributed by atoms with van der Waals surface area (Å²) in [4.78, 5) is 12.0. The largest absolute Gasteiger partial charge is 0.459 e. The predicted octanol–water partition coefficient (Wildman–Crippen LogP) is 6.41. The molecule has 0 saturated heterocycles. The summed E-state index contributed by atoms with van der Waals surface area (Å²) < 4.78 is 5.49. The third-order valence-electron chi connectivity index (χ3n) is 4.54. The molecule has 0 aliphatic rings. The lowest BCUT2D eigenvalue weighted by molar-refractivity contribution is 0.0327. The van der Waals surface area contributed by atoms with Crippen LogP contribution in [0.25, 0.3) is 6.08 Å². The molecule has 2 aromatic carbocycles. The van der Waals surface area contributed by atoms with Crippen LogP contribution in [0.4, 0.5) is 0 Å². The minimum absolute atomic E-state index is 0.0955. The van der Waals surface area contributed by atoms with Gasteiger partial charge in [-0.1, -0.05) is 69.3 Å². The lowest BCUT2D eigenvalue weighted by atomic mass is 9.94. The second kappa shape index (κ2) is 9.96. The Morgan fingerprint density at radius 1 is 1.08 bits per heavy atom. The lowest BCUT2D eigenvalue weighted by Gasteiger charge is -2.13. The average molecular weight is 351 g/mol. The van der Waals surface area contributed by atoms with Gasteiger partial charge in [0.05, 0.1) is 11.7 Å². The van der Waals surface area contributed by atoms with Gasteiger partial charge in [-0.25, -0.2) is 4.79 Å². The molecular weight excluding hydrogens is 320 g/mol. The summed E-state index contributed by atoms with van der Waals surface area (Å²) in [6.45, 7) is 8.63. The average Bonchev–Trinajstić information content (AvgIpc) is 2.65. The molecule has 2 rings (SSSR count). The summed E-state index contributed by atoms with van der Waals surface area (Å²) in [6, 6.07) is 15.9. The van der Waals surface area contributed by atoms with Crippen molar-refractivity contribution in [3.8, 4) is 0 Å². The van der Waals surface area contributed by atoms with E-state index in [9.17, 15) is 4.79 Å². The standard InChI is InChI=1S/C24H30O2/c1-5-21-17-20(15-16-23(21)18(2)3)12-10-9-11-19(4)26-24(25)22-13-7-6-8-14-22/h6-8,10,12-19H,5,9,11H2,1-4H3. The van der Waals surface area contributed by atoms with Crippen LogP contribution < -0.4 is 0 Å². The van der Waals surface area contributed by atoms with Crippen LogP contribution in [0.1, 0.15) is 73.5 Å². The number of ether oxygens (including phenoxy) is 1. The van der Waals surface area contributed by atoms with Gasteiger partial charge in [0.1, 0.15) is 0 Å². The highest BCUT2D eigenvalue weighted by atomic mass is 16.5. The first-order chi connectivity index (χ1) is 12.5. The van der Waals surface area contributed by atoms with Gasteiger partial charge >= 0.3 is 5.97 Å². The fourth-order valence-corrected chi connectivity index (χ4v) is 3.03. The second-order valence-corrected chi connectivity index (χ2v) is 7.03. The number of carbonyl (C=O) groups is 1. The highest BCUT2D eigenvalue weighted by Crippen LogP contribution is 2.22. The van der Waals surface area contributed by atoms with Crippen molar-refractivity contribution >= 4 is 12.0 Å². The molecule has 0 bridgehead atoms. The lowest BCUT2D eigenvalue weighted by Crippen LogP contribution is -2.14. The number of rotatable bonds is 8. The van der Waals surface area contributed by atoms with Crippen LogP contribution >= 0.6 is 0 Å². The van der Waals surface area contributed by atoms with E-state index in [0.717, 1.165) is 19.3 Å². The molecule has 2 heteroatoms. The molecule has 0 heterocycles. The number of hydrogen-bond acceptors (Lipinski definition) is 2. The first-order valence-electron chi connectivity index (χ1n) is 9.56. The molecule has 0 amide bonds. The maximum Gasteiger partial charge on any atom is 0.338 e. The van der Waals surface area contributed by atoms with Crippen LogP contribution in [0.3, 0.4) is 0 Å². The number of benzene rings is 2. The summed E-state index contributed by atoms with van der Waals surface area (Å²) in [6.07, 6.45) is 6.99. The molecule has 26 heavy (non-hydrogen) atoms. The predicted molar refractivity (Wildman–Crippen MR) is 109 cm³/mol. The van der Waals surface area contributed by atoms with Crippen molar-refractivity contribution in [2.24, 2.45) is 0 Å². The Labute approximate surface area is 157 Å². The molecule has 0 aliphatic carbocycles. The van der Waals surface area contributed by atoms with E-state index in [1.165, 1.54) is 16.7 Å². The molecule has 0 saturated carbocycles. The summed E-state index contributed by atoms with van der Waals surface area (Å²) >= 11 is 0. The fourth-order valence-electron chi connectivity index (χ4n) is 3.03. The Morgan fingerprint density at radius 3 is 2.46 bits per heavy atom. The van der Waals surface area contributed by atoms with Crippen molar-refractivity contribution in [1.29, 1.82) is 0 Å². The zero-order chi connectivity index (χ0) is 18.9. The van der Waals surface area contributed by atoms with Crippen molar-refractivity contribution in [2.75, 3.05) is 0 Å². The van der Waals surface area contributed by atoms with Crippen molar-refractivity contribution in [3.63, 3.8) is 0 Å². The zero-order valence-electron chi connectivity index (χ0n) is 16.4. The smallest absolute Gasteiger partial charge is 0.338 e.